The van der Waals surface area contributed by atoms with Crippen LogP contribution >= 0.6 is 23.2 Å². The quantitative estimate of drug-likeness (QED) is 0.643. The van der Waals surface area contributed by atoms with Gasteiger partial charge in [0.2, 0.25) is 0 Å². The molecule has 1 saturated heterocycles. The third kappa shape index (κ3) is 3.98. The predicted molar refractivity (Wildman–Crippen MR) is 105 cm³/mol. The van der Waals surface area contributed by atoms with Crippen LogP contribution < -0.4 is 15.4 Å². The lowest BCUT2D eigenvalue weighted by Crippen LogP contribution is -2.58. The van der Waals surface area contributed by atoms with E-state index in [1.807, 2.05) is 0 Å². The molecule has 2 aromatic carbocycles. The van der Waals surface area contributed by atoms with Crippen molar-refractivity contribution in [3.8, 4) is 5.75 Å². The molecular formula is C19H20Cl2F2N2O3. The van der Waals surface area contributed by atoms with E-state index in [0.717, 1.165) is 12.1 Å². The molecule has 1 heterocycles. The van der Waals surface area contributed by atoms with Crippen LogP contribution in [0.3, 0.4) is 0 Å². The largest absolute Gasteiger partial charge is 0.490 e. The fourth-order valence-corrected chi connectivity index (χ4v) is 3.60. The van der Waals surface area contributed by atoms with Gasteiger partial charge in [0.05, 0.1) is 10.7 Å². The molecule has 152 valence electrons. The van der Waals surface area contributed by atoms with Crippen LogP contribution in [0.15, 0.2) is 24.3 Å². The molecule has 0 spiro atoms. The van der Waals surface area contributed by atoms with Crippen molar-refractivity contribution in [1.29, 1.82) is 0 Å². The topological polar surface area (TPSA) is 79.0 Å². The number of anilines is 2. The number of aliphatic hydroxyl groups is 2. The van der Waals surface area contributed by atoms with E-state index in [2.05, 4.69) is 0 Å². The van der Waals surface area contributed by atoms with E-state index in [-0.39, 0.29) is 36.8 Å². The summed E-state index contributed by atoms with van der Waals surface area (Å²) in [6.07, 6.45) is -1.25. The fraction of sp³-hybridized carbons (Fsp3) is 0.368. The zero-order valence-corrected chi connectivity index (χ0v) is 16.6. The van der Waals surface area contributed by atoms with Crippen LogP contribution in [0.25, 0.3) is 0 Å². The first-order valence-corrected chi connectivity index (χ1v) is 9.35. The zero-order chi connectivity index (χ0) is 20.6. The standard InChI is InChI=1S/C19H20Cl2F2N2O3/c1-10-15(3-2-12(21)17(10)24)28-9-19(27)4-5-25(8-16(19)26)18-13(22)6-11(20)7-14(18)23/h2-3,6-7,16,26-27H,4-5,8-9,24H2,1H3/t16-,19-/m1/s1. The Morgan fingerprint density at radius 2 is 1.93 bits per heavy atom. The molecule has 3 rings (SSSR count). The number of ether oxygens (including phenoxy) is 1. The molecule has 0 unspecified atom stereocenters. The van der Waals surface area contributed by atoms with E-state index in [1.54, 1.807) is 19.1 Å². The van der Waals surface area contributed by atoms with Crippen molar-refractivity contribution >= 4 is 34.6 Å². The van der Waals surface area contributed by atoms with E-state index in [1.165, 1.54) is 4.90 Å². The normalized spacial score (nSPS) is 22.4. The minimum Gasteiger partial charge on any atom is -0.490 e. The molecule has 2 atom stereocenters. The summed E-state index contributed by atoms with van der Waals surface area (Å²) in [6, 6.07) is 5.21. The summed E-state index contributed by atoms with van der Waals surface area (Å²) >= 11 is 11.6. The van der Waals surface area contributed by atoms with Crippen LogP contribution in [0.4, 0.5) is 20.2 Å². The molecule has 4 N–H and O–H groups in total. The summed E-state index contributed by atoms with van der Waals surface area (Å²) in [7, 11) is 0. The average molecular weight is 433 g/mol. The molecule has 1 fully saturated rings. The molecular weight excluding hydrogens is 413 g/mol. The third-order valence-corrected chi connectivity index (χ3v) is 5.56. The Bertz CT molecular complexity index is 877. The van der Waals surface area contributed by atoms with Gasteiger partial charge in [0.15, 0.2) is 11.6 Å². The Kier molecular flexibility index (Phi) is 5.91. The van der Waals surface area contributed by atoms with Crippen LogP contribution in [-0.4, -0.2) is 41.6 Å². The molecule has 5 nitrogen and oxygen atoms in total. The lowest BCUT2D eigenvalue weighted by atomic mass is 9.89. The highest BCUT2D eigenvalue weighted by molar-refractivity contribution is 6.33. The van der Waals surface area contributed by atoms with E-state index in [4.69, 9.17) is 33.7 Å². The van der Waals surface area contributed by atoms with Gasteiger partial charge < -0.3 is 25.6 Å². The van der Waals surface area contributed by atoms with Gasteiger partial charge in [0.1, 0.15) is 29.7 Å². The van der Waals surface area contributed by atoms with Crippen molar-refractivity contribution in [1.82, 2.24) is 0 Å². The van der Waals surface area contributed by atoms with Crippen molar-refractivity contribution in [3.63, 3.8) is 0 Å². The van der Waals surface area contributed by atoms with Gasteiger partial charge in [-0.2, -0.15) is 0 Å². The first kappa shape index (κ1) is 20.9. The third-order valence-electron chi connectivity index (χ3n) is 5.02. The fourth-order valence-electron chi connectivity index (χ4n) is 3.21. The highest BCUT2D eigenvalue weighted by Crippen LogP contribution is 2.34. The van der Waals surface area contributed by atoms with Gasteiger partial charge in [-0.25, -0.2) is 8.78 Å². The van der Waals surface area contributed by atoms with Crippen molar-refractivity contribution < 1.29 is 23.7 Å². The number of halogens is 4. The van der Waals surface area contributed by atoms with Gasteiger partial charge in [-0.1, -0.05) is 23.2 Å². The Hall–Kier alpha value is -1.80. The highest BCUT2D eigenvalue weighted by Gasteiger charge is 2.42. The molecule has 0 saturated carbocycles. The summed E-state index contributed by atoms with van der Waals surface area (Å²) in [5, 5.41) is 21.6. The van der Waals surface area contributed by atoms with E-state index < -0.39 is 23.3 Å². The first-order chi connectivity index (χ1) is 13.1. The predicted octanol–water partition coefficient (Wildman–Crippen LogP) is 3.54. The molecule has 2 aromatic rings. The summed E-state index contributed by atoms with van der Waals surface area (Å²) in [5.74, 6) is -1.22. The Morgan fingerprint density at radius 1 is 1.29 bits per heavy atom. The maximum atomic E-state index is 14.1. The lowest BCUT2D eigenvalue weighted by Gasteiger charge is -2.42. The lowest BCUT2D eigenvalue weighted by molar-refractivity contribution is -0.109. The zero-order valence-electron chi connectivity index (χ0n) is 15.1. The Labute approximate surface area is 171 Å². The number of nitrogens with two attached hydrogens (primary N) is 1. The van der Waals surface area contributed by atoms with Crippen LogP contribution in [0.5, 0.6) is 5.75 Å². The summed E-state index contributed by atoms with van der Waals surface area (Å²) in [6.45, 7) is 1.46. The second-order valence-corrected chi connectivity index (χ2v) is 7.75. The maximum absolute atomic E-state index is 14.1. The van der Waals surface area contributed by atoms with Crippen LogP contribution in [-0.2, 0) is 0 Å². The molecule has 1 aliphatic rings. The maximum Gasteiger partial charge on any atom is 0.151 e. The number of benzene rings is 2. The van der Waals surface area contributed by atoms with E-state index in [9.17, 15) is 19.0 Å². The van der Waals surface area contributed by atoms with Gasteiger partial charge in [-0.05, 0) is 37.6 Å². The van der Waals surface area contributed by atoms with Crippen molar-refractivity contribution in [3.05, 3.63) is 51.5 Å². The molecule has 0 radical (unpaired) electrons. The average Bonchev–Trinajstić information content (AvgIpc) is 2.61. The molecule has 0 aliphatic carbocycles. The number of nitrogens with zero attached hydrogens (tertiary/aromatic N) is 1. The SMILES string of the molecule is Cc1c(OC[C@]2(O)CCN(c3c(F)cc(Cl)cc3F)C[C@H]2O)ccc(Cl)c1N. The monoisotopic (exact) mass is 432 g/mol. The van der Waals surface area contributed by atoms with Gasteiger partial charge in [-0.15, -0.1) is 0 Å². The summed E-state index contributed by atoms with van der Waals surface area (Å²) in [4.78, 5) is 1.34. The minimum absolute atomic E-state index is 0.0395. The van der Waals surface area contributed by atoms with Crippen LogP contribution in [0.2, 0.25) is 10.0 Å². The Balaban J connectivity index is 1.72. The molecule has 28 heavy (non-hydrogen) atoms. The van der Waals surface area contributed by atoms with E-state index >= 15 is 0 Å². The smallest absolute Gasteiger partial charge is 0.151 e. The second kappa shape index (κ2) is 7.91. The van der Waals surface area contributed by atoms with Gasteiger partial charge in [0.25, 0.3) is 0 Å². The number of β-amino-alcohol motifs (C(OH)–C–C–N with tert-alkyl or cyclic N) is 1. The number of hydrogen-bond acceptors (Lipinski definition) is 5. The molecule has 9 heteroatoms. The second-order valence-electron chi connectivity index (χ2n) is 6.91. The number of hydrogen-bond donors (Lipinski definition) is 3. The molecule has 0 bridgehead atoms. The number of nitrogen functional groups attached to an aromatic ring is 1. The molecule has 0 amide bonds. The highest BCUT2D eigenvalue weighted by atomic mass is 35.5. The summed E-state index contributed by atoms with van der Waals surface area (Å²) < 4.78 is 33.9. The number of piperidine rings is 1. The van der Waals surface area contributed by atoms with Gasteiger partial charge >= 0.3 is 0 Å². The van der Waals surface area contributed by atoms with Gasteiger partial charge in [0, 0.05) is 23.7 Å². The molecule has 0 aromatic heterocycles. The van der Waals surface area contributed by atoms with Crippen molar-refractivity contribution in [2.45, 2.75) is 25.0 Å². The number of rotatable bonds is 4. The van der Waals surface area contributed by atoms with Crippen LogP contribution in [0, 0.1) is 18.6 Å². The van der Waals surface area contributed by atoms with E-state index in [0.29, 0.717) is 22.0 Å². The van der Waals surface area contributed by atoms with Crippen molar-refractivity contribution in [2.75, 3.05) is 30.3 Å². The van der Waals surface area contributed by atoms with Crippen LogP contribution in [0.1, 0.15) is 12.0 Å². The minimum atomic E-state index is -1.59. The Morgan fingerprint density at radius 3 is 2.54 bits per heavy atom. The van der Waals surface area contributed by atoms with Gasteiger partial charge in [-0.3, -0.25) is 0 Å². The van der Waals surface area contributed by atoms with Crippen molar-refractivity contribution in [2.24, 2.45) is 0 Å². The molecule has 1 aliphatic heterocycles. The number of aliphatic hydroxyl groups excluding tert-OH is 1. The summed E-state index contributed by atoms with van der Waals surface area (Å²) in [5.41, 5.74) is 4.98. The first-order valence-electron chi connectivity index (χ1n) is 8.59.